The van der Waals surface area contributed by atoms with Crippen LogP contribution < -0.4 is 5.32 Å². The highest BCUT2D eigenvalue weighted by molar-refractivity contribution is 5.81. The summed E-state index contributed by atoms with van der Waals surface area (Å²) in [4.78, 5) is 14.0. The van der Waals surface area contributed by atoms with Crippen LogP contribution in [0.4, 0.5) is 0 Å². The molecule has 5 heteroatoms. The van der Waals surface area contributed by atoms with Crippen molar-refractivity contribution in [3.8, 4) is 6.07 Å². The lowest BCUT2D eigenvalue weighted by atomic mass is 9.88. The van der Waals surface area contributed by atoms with Gasteiger partial charge in [-0.25, -0.2) is 0 Å². The van der Waals surface area contributed by atoms with E-state index in [1.54, 1.807) is 0 Å². The molecule has 0 aromatic heterocycles. The van der Waals surface area contributed by atoms with Gasteiger partial charge in [-0.2, -0.15) is 5.26 Å². The Morgan fingerprint density at radius 1 is 1.47 bits per heavy atom. The molecule has 1 rings (SSSR count). The average Bonchev–Trinajstić information content (AvgIpc) is 2.43. The lowest BCUT2D eigenvalue weighted by Crippen LogP contribution is -2.50. The molecule has 19 heavy (non-hydrogen) atoms. The van der Waals surface area contributed by atoms with Crippen molar-refractivity contribution < 1.29 is 9.53 Å². The second kappa shape index (κ2) is 7.46. The summed E-state index contributed by atoms with van der Waals surface area (Å²) in [5.74, 6) is 0.138. The summed E-state index contributed by atoms with van der Waals surface area (Å²) in [5, 5.41) is 11.9. The van der Waals surface area contributed by atoms with Crippen molar-refractivity contribution in [2.24, 2.45) is 5.41 Å². The molecule has 1 atom stereocenters. The first-order valence-electron chi connectivity index (χ1n) is 6.93. The van der Waals surface area contributed by atoms with E-state index in [1.165, 1.54) is 0 Å². The van der Waals surface area contributed by atoms with Crippen LogP contribution in [-0.4, -0.2) is 49.7 Å². The number of nitrogens with zero attached hydrogens (tertiary/aromatic N) is 2. The van der Waals surface area contributed by atoms with Gasteiger partial charge in [0, 0.05) is 26.1 Å². The van der Waals surface area contributed by atoms with Gasteiger partial charge in [-0.05, 0) is 18.8 Å². The SMILES string of the molecule is CC(NCC(C)(C)CCC#N)C(=O)N1CCOCC1. The Morgan fingerprint density at radius 2 is 2.11 bits per heavy atom. The molecular formula is C14H25N3O2. The van der Waals surface area contributed by atoms with Gasteiger partial charge in [-0.15, -0.1) is 0 Å². The van der Waals surface area contributed by atoms with E-state index >= 15 is 0 Å². The van der Waals surface area contributed by atoms with Crippen molar-refractivity contribution in [2.45, 2.75) is 39.7 Å². The van der Waals surface area contributed by atoms with Crippen molar-refractivity contribution in [1.29, 1.82) is 5.26 Å². The number of nitrogens with one attached hydrogen (secondary N) is 1. The molecule has 1 aliphatic heterocycles. The maximum Gasteiger partial charge on any atom is 0.239 e. The fourth-order valence-corrected chi connectivity index (χ4v) is 2.06. The first-order valence-corrected chi connectivity index (χ1v) is 6.93. The first-order chi connectivity index (χ1) is 8.96. The van der Waals surface area contributed by atoms with Gasteiger partial charge in [-0.1, -0.05) is 13.8 Å². The molecule has 1 N–H and O–H groups in total. The van der Waals surface area contributed by atoms with Crippen molar-refractivity contribution in [3.63, 3.8) is 0 Å². The highest BCUT2D eigenvalue weighted by Crippen LogP contribution is 2.20. The van der Waals surface area contributed by atoms with Gasteiger partial charge in [0.1, 0.15) is 0 Å². The quantitative estimate of drug-likeness (QED) is 0.784. The van der Waals surface area contributed by atoms with Gasteiger partial charge in [0.2, 0.25) is 5.91 Å². The highest BCUT2D eigenvalue weighted by Gasteiger charge is 2.24. The van der Waals surface area contributed by atoms with Gasteiger partial charge in [-0.3, -0.25) is 4.79 Å². The summed E-state index contributed by atoms with van der Waals surface area (Å²) < 4.78 is 5.24. The van der Waals surface area contributed by atoms with Gasteiger partial charge < -0.3 is 15.0 Å². The van der Waals surface area contributed by atoms with Crippen LogP contribution in [0.5, 0.6) is 0 Å². The zero-order valence-electron chi connectivity index (χ0n) is 12.2. The minimum Gasteiger partial charge on any atom is -0.378 e. The van der Waals surface area contributed by atoms with Crippen molar-refractivity contribution >= 4 is 5.91 Å². The smallest absolute Gasteiger partial charge is 0.239 e. The minimum absolute atomic E-state index is 0.0370. The Hall–Kier alpha value is -1.12. The van der Waals surface area contributed by atoms with Crippen LogP contribution in [-0.2, 0) is 9.53 Å². The summed E-state index contributed by atoms with van der Waals surface area (Å²) in [6.45, 7) is 9.50. The van der Waals surface area contributed by atoms with E-state index < -0.39 is 0 Å². The van der Waals surface area contributed by atoms with E-state index in [-0.39, 0.29) is 17.4 Å². The van der Waals surface area contributed by atoms with Gasteiger partial charge in [0.25, 0.3) is 0 Å². The molecule has 1 saturated heterocycles. The van der Waals surface area contributed by atoms with Gasteiger partial charge in [0.05, 0.1) is 25.3 Å². The van der Waals surface area contributed by atoms with Crippen LogP contribution in [0, 0.1) is 16.7 Å². The molecule has 0 radical (unpaired) electrons. The largest absolute Gasteiger partial charge is 0.378 e. The van der Waals surface area contributed by atoms with Crippen molar-refractivity contribution in [1.82, 2.24) is 10.2 Å². The standard InChI is InChI=1S/C14H25N3O2/c1-12(13(18)17-7-9-19-10-8-17)16-11-14(2,3)5-4-6-15/h12,16H,4-5,7-11H2,1-3H3. The number of amides is 1. The van der Waals surface area contributed by atoms with E-state index in [0.29, 0.717) is 32.7 Å². The summed E-state index contributed by atoms with van der Waals surface area (Å²) in [7, 11) is 0. The van der Waals surface area contributed by atoms with Crippen LogP contribution in [0.2, 0.25) is 0 Å². The molecule has 1 fully saturated rings. The number of morpholine rings is 1. The van der Waals surface area contributed by atoms with Crippen LogP contribution in [0.25, 0.3) is 0 Å². The molecule has 0 bridgehead atoms. The molecule has 0 aromatic rings. The van der Waals surface area contributed by atoms with E-state index in [1.807, 2.05) is 11.8 Å². The molecule has 1 aliphatic rings. The second-order valence-corrected chi connectivity index (χ2v) is 5.86. The van der Waals surface area contributed by atoms with Crippen LogP contribution in [0.1, 0.15) is 33.6 Å². The van der Waals surface area contributed by atoms with E-state index in [2.05, 4.69) is 25.2 Å². The molecule has 0 spiro atoms. The molecule has 1 unspecified atom stereocenters. The Kier molecular flexibility index (Phi) is 6.26. The van der Waals surface area contributed by atoms with Gasteiger partial charge in [0.15, 0.2) is 0 Å². The lowest BCUT2D eigenvalue weighted by molar-refractivity contribution is -0.137. The predicted octanol–water partition coefficient (Wildman–Crippen LogP) is 1.15. The molecule has 0 aliphatic carbocycles. The summed E-state index contributed by atoms with van der Waals surface area (Å²) in [5.41, 5.74) is 0.0370. The third kappa shape index (κ3) is 5.58. The second-order valence-electron chi connectivity index (χ2n) is 5.86. The maximum absolute atomic E-state index is 12.2. The molecule has 0 aromatic carbocycles. The Labute approximate surface area is 115 Å². The topological polar surface area (TPSA) is 65.4 Å². The summed E-state index contributed by atoms with van der Waals surface area (Å²) in [6.07, 6.45) is 1.40. The third-order valence-electron chi connectivity index (χ3n) is 3.49. The lowest BCUT2D eigenvalue weighted by Gasteiger charge is -2.31. The van der Waals surface area contributed by atoms with Crippen molar-refractivity contribution in [2.75, 3.05) is 32.8 Å². The average molecular weight is 267 g/mol. The van der Waals surface area contributed by atoms with Crippen LogP contribution in [0.15, 0.2) is 0 Å². The van der Waals surface area contributed by atoms with Gasteiger partial charge >= 0.3 is 0 Å². The van der Waals surface area contributed by atoms with Crippen LogP contribution in [0.3, 0.4) is 0 Å². The minimum atomic E-state index is -0.181. The van der Waals surface area contributed by atoms with E-state index in [0.717, 1.165) is 13.0 Å². The molecule has 0 saturated carbocycles. The zero-order valence-corrected chi connectivity index (χ0v) is 12.2. The number of hydrogen-bond donors (Lipinski definition) is 1. The Balaban J connectivity index is 2.35. The Morgan fingerprint density at radius 3 is 2.68 bits per heavy atom. The molecule has 1 amide bonds. The Bertz CT molecular complexity index is 330. The number of carbonyl (C=O) groups is 1. The van der Waals surface area contributed by atoms with Crippen molar-refractivity contribution in [3.05, 3.63) is 0 Å². The maximum atomic E-state index is 12.2. The highest BCUT2D eigenvalue weighted by atomic mass is 16.5. The molecule has 108 valence electrons. The van der Waals surface area contributed by atoms with E-state index in [9.17, 15) is 4.79 Å². The number of nitriles is 1. The number of rotatable bonds is 6. The van der Waals surface area contributed by atoms with Crippen LogP contribution >= 0.6 is 0 Å². The normalized spacial score (nSPS) is 17.9. The zero-order chi connectivity index (χ0) is 14.3. The fraction of sp³-hybridized carbons (Fsp3) is 0.857. The monoisotopic (exact) mass is 267 g/mol. The fourth-order valence-electron chi connectivity index (χ4n) is 2.06. The predicted molar refractivity (Wildman–Crippen MR) is 73.5 cm³/mol. The summed E-state index contributed by atoms with van der Waals surface area (Å²) >= 11 is 0. The number of carbonyl (C=O) groups excluding carboxylic acids is 1. The number of ether oxygens (including phenoxy) is 1. The van der Waals surface area contributed by atoms with E-state index in [4.69, 9.17) is 10.00 Å². The number of hydrogen-bond acceptors (Lipinski definition) is 4. The molecule has 5 nitrogen and oxygen atoms in total. The molecule has 1 heterocycles. The first kappa shape index (κ1) is 15.9. The summed E-state index contributed by atoms with van der Waals surface area (Å²) in [6, 6.07) is 1.99. The third-order valence-corrected chi connectivity index (χ3v) is 3.49. The molecular weight excluding hydrogens is 242 g/mol.